The van der Waals surface area contributed by atoms with Gasteiger partial charge in [-0.15, -0.1) is 0 Å². The maximum absolute atomic E-state index is 10.9. The van der Waals surface area contributed by atoms with Crippen LogP contribution in [0.5, 0.6) is 0 Å². The Morgan fingerprint density at radius 2 is 2.13 bits per heavy atom. The van der Waals surface area contributed by atoms with E-state index in [0.29, 0.717) is 0 Å². The summed E-state index contributed by atoms with van der Waals surface area (Å²) in [6.45, 7) is 2.58. The Morgan fingerprint density at radius 3 is 2.80 bits per heavy atom. The van der Waals surface area contributed by atoms with Gasteiger partial charge in [0.1, 0.15) is 6.29 Å². The quantitative estimate of drug-likeness (QED) is 0.659. The predicted molar refractivity (Wildman–Crippen MR) is 69.2 cm³/mol. The highest BCUT2D eigenvalue weighted by atomic mass is 127. The van der Waals surface area contributed by atoms with Crippen LogP contribution < -0.4 is 10.2 Å². The van der Waals surface area contributed by atoms with Crippen molar-refractivity contribution in [2.75, 3.05) is 24.5 Å². The summed E-state index contributed by atoms with van der Waals surface area (Å²) in [6, 6.07) is 8.26. The Labute approximate surface area is 103 Å². The minimum Gasteiger partial charge on any atom is -0.359 e. The lowest BCUT2D eigenvalue weighted by molar-refractivity contribution is -0.109. The van der Waals surface area contributed by atoms with E-state index in [0.717, 1.165) is 31.6 Å². The van der Waals surface area contributed by atoms with Crippen molar-refractivity contribution in [1.82, 2.24) is 5.32 Å². The van der Waals surface area contributed by atoms with Gasteiger partial charge in [0.05, 0.1) is 6.04 Å². The first kappa shape index (κ1) is 10.9. The van der Waals surface area contributed by atoms with E-state index in [1.54, 1.807) is 0 Å². The first-order valence-corrected chi connectivity index (χ1v) is 6.07. The zero-order valence-electron chi connectivity index (χ0n) is 8.32. The Hall–Kier alpha value is -0.620. The molecule has 1 fully saturated rings. The van der Waals surface area contributed by atoms with Crippen molar-refractivity contribution in [2.45, 2.75) is 6.04 Å². The number of rotatable bonds is 2. The molecular weight excluding hydrogens is 303 g/mol. The van der Waals surface area contributed by atoms with E-state index in [1.165, 1.54) is 3.57 Å². The number of anilines is 1. The third-order valence-corrected chi connectivity index (χ3v) is 3.32. The molecule has 0 amide bonds. The Morgan fingerprint density at radius 1 is 1.40 bits per heavy atom. The third-order valence-electron chi connectivity index (χ3n) is 2.60. The average molecular weight is 316 g/mol. The summed E-state index contributed by atoms with van der Waals surface area (Å²) < 4.78 is 1.22. The zero-order chi connectivity index (χ0) is 10.7. The Balaban J connectivity index is 2.20. The first-order chi connectivity index (χ1) is 7.31. The molecule has 0 radical (unpaired) electrons. The average Bonchev–Trinajstić information content (AvgIpc) is 2.30. The molecule has 1 heterocycles. The standard InChI is InChI=1S/C11H13IN2O/c12-9-1-3-10(4-2-9)14-6-5-13-7-11(14)8-15/h1-4,8,11,13H,5-7H2. The fraction of sp³-hybridized carbons (Fsp3) is 0.364. The second-order valence-corrected chi connectivity index (χ2v) is 4.82. The van der Waals surface area contributed by atoms with Gasteiger partial charge in [-0.2, -0.15) is 0 Å². The van der Waals surface area contributed by atoms with E-state index in [1.807, 2.05) is 0 Å². The molecule has 3 nitrogen and oxygen atoms in total. The smallest absolute Gasteiger partial charge is 0.143 e. The number of hydrogen-bond donors (Lipinski definition) is 1. The van der Waals surface area contributed by atoms with E-state index < -0.39 is 0 Å². The van der Waals surface area contributed by atoms with Crippen molar-refractivity contribution >= 4 is 34.6 Å². The lowest BCUT2D eigenvalue weighted by Gasteiger charge is -2.34. The fourth-order valence-corrected chi connectivity index (χ4v) is 2.16. The second-order valence-electron chi connectivity index (χ2n) is 3.58. The van der Waals surface area contributed by atoms with Gasteiger partial charge in [-0.05, 0) is 46.9 Å². The Kier molecular flexibility index (Phi) is 3.58. The number of aldehydes is 1. The maximum Gasteiger partial charge on any atom is 0.143 e. The van der Waals surface area contributed by atoms with Gasteiger partial charge in [0, 0.05) is 28.9 Å². The molecule has 0 bridgehead atoms. The molecular formula is C11H13IN2O. The van der Waals surface area contributed by atoms with Gasteiger partial charge < -0.3 is 15.0 Å². The molecule has 1 aromatic carbocycles. The number of nitrogens with one attached hydrogen (secondary N) is 1. The number of halogens is 1. The second kappa shape index (κ2) is 4.94. The summed E-state index contributed by atoms with van der Waals surface area (Å²) in [4.78, 5) is 13.1. The van der Waals surface area contributed by atoms with Crippen molar-refractivity contribution < 1.29 is 4.79 Å². The fourth-order valence-electron chi connectivity index (χ4n) is 1.80. The molecule has 2 rings (SSSR count). The molecule has 0 saturated carbocycles. The van der Waals surface area contributed by atoms with Crippen molar-refractivity contribution in [2.24, 2.45) is 0 Å². The number of piperazine rings is 1. The van der Waals surface area contributed by atoms with Crippen molar-refractivity contribution in [3.63, 3.8) is 0 Å². The highest BCUT2D eigenvalue weighted by Gasteiger charge is 2.21. The molecule has 1 N–H and O–H groups in total. The van der Waals surface area contributed by atoms with E-state index in [9.17, 15) is 4.79 Å². The summed E-state index contributed by atoms with van der Waals surface area (Å²) in [5.41, 5.74) is 1.13. The minimum absolute atomic E-state index is 0.0289. The summed E-state index contributed by atoms with van der Waals surface area (Å²) in [7, 11) is 0. The van der Waals surface area contributed by atoms with Crippen LogP contribution in [0.25, 0.3) is 0 Å². The summed E-state index contributed by atoms with van der Waals surface area (Å²) in [5, 5.41) is 3.22. The first-order valence-electron chi connectivity index (χ1n) is 4.99. The van der Waals surface area contributed by atoms with Crippen molar-refractivity contribution in [1.29, 1.82) is 0 Å². The molecule has 4 heteroatoms. The largest absolute Gasteiger partial charge is 0.359 e. The Bertz CT molecular complexity index is 339. The summed E-state index contributed by atoms with van der Waals surface area (Å²) in [5.74, 6) is 0. The van der Waals surface area contributed by atoms with E-state index >= 15 is 0 Å². The van der Waals surface area contributed by atoms with Gasteiger partial charge in [-0.3, -0.25) is 0 Å². The monoisotopic (exact) mass is 316 g/mol. The number of carbonyl (C=O) groups excluding carboxylic acids is 1. The third kappa shape index (κ3) is 2.49. The van der Waals surface area contributed by atoms with E-state index in [-0.39, 0.29) is 6.04 Å². The topological polar surface area (TPSA) is 32.3 Å². The number of benzene rings is 1. The predicted octanol–water partition coefficient (Wildman–Crippen LogP) is 1.27. The van der Waals surface area contributed by atoms with Crippen molar-refractivity contribution in [3.05, 3.63) is 27.8 Å². The molecule has 1 atom stereocenters. The normalized spacial score (nSPS) is 21.4. The minimum atomic E-state index is -0.0289. The lowest BCUT2D eigenvalue weighted by Crippen LogP contribution is -2.52. The van der Waals surface area contributed by atoms with Gasteiger partial charge in [0.15, 0.2) is 0 Å². The number of nitrogens with zero attached hydrogens (tertiary/aromatic N) is 1. The molecule has 1 aliphatic rings. The van der Waals surface area contributed by atoms with E-state index in [2.05, 4.69) is 57.1 Å². The van der Waals surface area contributed by atoms with Gasteiger partial charge in [0.2, 0.25) is 0 Å². The van der Waals surface area contributed by atoms with Crippen LogP contribution in [0, 0.1) is 3.57 Å². The highest BCUT2D eigenvalue weighted by Crippen LogP contribution is 2.19. The summed E-state index contributed by atoms with van der Waals surface area (Å²) >= 11 is 2.28. The van der Waals surface area contributed by atoms with Crippen LogP contribution in [0.2, 0.25) is 0 Å². The molecule has 0 spiro atoms. The van der Waals surface area contributed by atoms with Crippen LogP contribution in [0.4, 0.5) is 5.69 Å². The van der Waals surface area contributed by atoms with E-state index in [4.69, 9.17) is 0 Å². The van der Waals surface area contributed by atoms with Crippen LogP contribution in [-0.2, 0) is 4.79 Å². The van der Waals surface area contributed by atoms with Crippen LogP contribution in [0.1, 0.15) is 0 Å². The number of carbonyl (C=O) groups is 1. The number of hydrogen-bond acceptors (Lipinski definition) is 3. The van der Waals surface area contributed by atoms with Gasteiger partial charge >= 0.3 is 0 Å². The zero-order valence-corrected chi connectivity index (χ0v) is 10.5. The van der Waals surface area contributed by atoms with Gasteiger partial charge in [0.25, 0.3) is 0 Å². The van der Waals surface area contributed by atoms with Crippen LogP contribution in [-0.4, -0.2) is 32.0 Å². The molecule has 15 heavy (non-hydrogen) atoms. The summed E-state index contributed by atoms with van der Waals surface area (Å²) in [6.07, 6.45) is 1.02. The molecule has 1 aliphatic heterocycles. The molecule has 0 aromatic heterocycles. The maximum atomic E-state index is 10.9. The molecule has 1 saturated heterocycles. The van der Waals surface area contributed by atoms with Crippen molar-refractivity contribution in [3.8, 4) is 0 Å². The van der Waals surface area contributed by atoms with Crippen LogP contribution >= 0.6 is 22.6 Å². The van der Waals surface area contributed by atoms with Crippen LogP contribution in [0.3, 0.4) is 0 Å². The van der Waals surface area contributed by atoms with Gasteiger partial charge in [-0.1, -0.05) is 0 Å². The van der Waals surface area contributed by atoms with Crippen LogP contribution in [0.15, 0.2) is 24.3 Å². The molecule has 80 valence electrons. The molecule has 0 aliphatic carbocycles. The molecule has 1 unspecified atom stereocenters. The lowest BCUT2D eigenvalue weighted by atomic mass is 10.2. The highest BCUT2D eigenvalue weighted by molar-refractivity contribution is 14.1. The van der Waals surface area contributed by atoms with Gasteiger partial charge in [-0.25, -0.2) is 0 Å². The SMILES string of the molecule is O=CC1CNCCN1c1ccc(I)cc1. The molecule has 1 aromatic rings.